The van der Waals surface area contributed by atoms with Gasteiger partial charge in [0, 0.05) is 24.0 Å². The van der Waals surface area contributed by atoms with E-state index in [4.69, 9.17) is 5.26 Å². The highest BCUT2D eigenvalue weighted by Gasteiger charge is 1.98. The highest BCUT2D eigenvalue weighted by Crippen LogP contribution is 2.13. The summed E-state index contributed by atoms with van der Waals surface area (Å²) < 4.78 is 0. The third-order valence-corrected chi connectivity index (χ3v) is 1.67. The Labute approximate surface area is 69.3 Å². The maximum Gasteiger partial charge on any atom is 0.149 e. The molecule has 0 saturated heterocycles. The second-order valence-corrected chi connectivity index (χ2v) is 2.37. The van der Waals surface area contributed by atoms with Crippen LogP contribution < -0.4 is 0 Å². The molecule has 0 aliphatic carbocycles. The second-order valence-electron chi connectivity index (χ2n) is 2.37. The van der Waals surface area contributed by atoms with Crippen molar-refractivity contribution in [3.05, 3.63) is 36.4 Å². The minimum absolute atomic E-state index is 0.431. The zero-order chi connectivity index (χ0) is 8.39. The van der Waals surface area contributed by atoms with Gasteiger partial charge in [0.05, 0.1) is 0 Å². The summed E-state index contributed by atoms with van der Waals surface area (Å²) in [6.45, 7) is 0. The Morgan fingerprint density at radius 1 is 1.25 bits per heavy atom. The number of nitrogens with zero attached hydrogens (tertiary/aromatic N) is 3. The summed E-state index contributed by atoms with van der Waals surface area (Å²) >= 11 is 0. The summed E-state index contributed by atoms with van der Waals surface area (Å²) in [5.74, 6) is 0. The molecule has 12 heavy (non-hydrogen) atoms. The fourth-order valence-corrected chi connectivity index (χ4v) is 1.10. The van der Waals surface area contributed by atoms with E-state index in [1.54, 1.807) is 18.6 Å². The van der Waals surface area contributed by atoms with Gasteiger partial charge >= 0.3 is 0 Å². The van der Waals surface area contributed by atoms with E-state index in [1.165, 1.54) is 0 Å². The monoisotopic (exact) mass is 155 g/mol. The van der Waals surface area contributed by atoms with Crippen LogP contribution in [0.1, 0.15) is 5.69 Å². The Bertz CT molecular complexity index is 451. The fraction of sp³-hybridized carbons (Fsp3) is 0. The third-order valence-electron chi connectivity index (χ3n) is 1.67. The maximum atomic E-state index is 8.70. The van der Waals surface area contributed by atoms with Crippen LogP contribution in [0.25, 0.3) is 10.8 Å². The first-order valence-corrected chi connectivity index (χ1v) is 3.50. The van der Waals surface area contributed by atoms with Gasteiger partial charge in [0.15, 0.2) is 0 Å². The quantitative estimate of drug-likeness (QED) is 0.579. The van der Waals surface area contributed by atoms with Gasteiger partial charge in [-0.2, -0.15) is 5.26 Å². The van der Waals surface area contributed by atoms with Gasteiger partial charge in [-0.15, -0.1) is 0 Å². The molecule has 0 spiro atoms. The molecule has 0 unspecified atom stereocenters. The average Bonchev–Trinajstić information content (AvgIpc) is 2.17. The number of fused-ring (bicyclic) bond motifs is 1. The highest BCUT2D eigenvalue weighted by atomic mass is 14.7. The van der Waals surface area contributed by atoms with Crippen molar-refractivity contribution in [2.75, 3.05) is 0 Å². The Morgan fingerprint density at radius 2 is 2.08 bits per heavy atom. The molecular formula is C9H5N3. The van der Waals surface area contributed by atoms with Gasteiger partial charge in [-0.1, -0.05) is 0 Å². The zero-order valence-corrected chi connectivity index (χ0v) is 6.23. The summed E-state index contributed by atoms with van der Waals surface area (Å²) in [4.78, 5) is 7.85. The van der Waals surface area contributed by atoms with Crippen molar-refractivity contribution in [2.45, 2.75) is 0 Å². The predicted molar refractivity (Wildman–Crippen MR) is 44.3 cm³/mol. The first-order chi connectivity index (χ1) is 5.92. The van der Waals surface area contributed by atoms with E-state index in [-0.39, 0.29) is 0 Å². The molecule has 3 heteroatoms. The fourth-order valence-electron chi connectivity index (χ4n) is 1.10. The molecule has 0 saturated carbocycles. The predicted octanol–water partition coefficient (Wildman–Crippen LogP) is 1.50. The van der Waals surface area contributed by atoms with Crippen LogP contribution in [0.3, 0.4) is 0 Å². The van der Waals surface area contributed by atoms with Gasteiger partial charge in [0.25, 0.3) is 0 Å². The highest BCUT2D eigenvalue weighted by molar-refractivity contribution is 5.85. The molecule has 0 fully saturated rings. The summed E-state index contributed by atoms with van der Waals surface area (Å²) in [7, 11) is 0. The third kappa shape index (κ3) is 0.903. The molecule has 0 N–H and O–H groups in total. The van der Waals surface area contributed by atoms with E-state index in [1.807, 2.05) is 18.2 Å². The van der Waals surface area contributed by atoms with E-state index < -0.39 is 0 Å². The minimum Gasteiger partial charge on any atom is -0.264 e. The number of hydrogen-bond acceptors (Lipinski definition) is 3. The molecule has 0 amide bonds. The SMILES string of the molecule is N#Cc1nccc2ccncc12. The lowest BCUT2D eigenvalue weighted by Crippen LogP contribution is -1.84. The molecule has 56 valence electrons. The van der Waals surface area contributed by atoms with Crippen molar-refractivity contribution in [1.29, 1.82) is 5.26 Å². The smallest absolute Gasteiger partial charge is 0.149 e. The van der Waals surface area contributed by atoms with Crippen molar-refractivity contribution in [1.82, 2.24) is 9.97 Å². The molecular weight excluding hydrogens is 150 g/mol. The number of nitriles is 1. The second kappa shape index (κ2) is 2.59. The van der Waals surface area contributed by atoms with Crippen LogP contribution in [-0.4, -0.2) is 9.97 Å². The number of pyridine rings is 2. The average molecular weight is 155 g/mol. The molecule has 2 rings (SSSR count). The molecule has 0 aromatic carbocycles. The molecule has 0 aliphatic rings. The lowest BCUT2D eigenvalue weighted by molar-refractivity contribution is 1.27. The normalized spacial score (nSPS) is 9.58. The maximum absolute atomic E-state index is 8.70. The van der Waals surface area contributed by atoms with Crippen molar-refractivity contribution in [2.24, 2.45) is 0 Å². The molecule has 2 heterocycles. The molecule has 0 aliphatic heterocycles. The van der Waals surface area contributed by atoms with Crippen LogP contribution in [0.5, 0.6) is 0 Å². The molecule has 0 bridgehead atoms. The van der Waals surface area contributed by atoms with E-state index in [2.05, 4.69) is 9.97 Å². The molecule has 0 atom stereocenters. The summed E-state index contributed by atoms with van der Waals surface area (Å²) in [6.07, 6.45) is 4.98. The largest absolute Gasteiger partial charge is 0.264 e. The minimum atomic E-state index is 0.431. The van der Waals surface area contributed by atoms with E-state index in [0.29, 0.717) is 5.69 Å². The Morgan fingerprint density at radius 3 is 2.92 bits per heavy atom. The Hall–Kier alpha value is -1.95. The molecule has 0 radical (unpaired) electrons. The van der Waals surface area contributed by atoms with Gasteiger partial charge in [0.2, 0.25) is 0 Å². The number of rotatable bonds is 0. The Kier molecular flexibility index (Phi) is 1.45. The van der Waals surface area contributed by atoms with Crippen molar-refractivity contribution < 1.29 is 0 Å². The molecule has 3 nitrogen and oxygen atoms in total. The van der Waals surface area contributed by atoms with E-state index in [9.17, 15) is 0 Å². The zero-order valence-electron chi connectivity index (χ0n) is 6.23. The lowest BCUT2D eigenvalue weighted by Gasteiger charge is -1.95. The van der Waals surface area contributed by atoms with Gasteiger partial charge in [0.1, 0.15) is 11.8 Å². The van der Waals surface area contributed by atoms with Crippen LogP contribution in [0.15, 0.2) is 30.7 Å². The van der Waals surface area contributed by atoms with Crippen molar-refractivity contribution in [3.63, 3.8) is 0 Å². The number of hydrogen-bond donors (Lipinski definition) is 0. The summed E-state index contributed by atoms with van der Waals surface area (Å²) in [5, 5.41) is 10.5. The van der Waals surface area contributed by atoms with Gasteiger partial charge in [-0.3, -0.25) is 4.98 Å². The van der Waals surface area contributed by atoms with Crippen LogP contribution in [0, 0.1) is 11.3 Å². The molecule has 2 aromatic heterocycles. The van der Waals surface area contributed by atoms with Gasteiger partial charge in [-0.05, 0) is 17.5 Å². The Balaban J connectivity index is 2.91. The molecule has 2 aromatic rings. The van der Waals surface area contributed by atoms with Gasteiger partial charge in [-0.25, -0.2) is 4.98 Å². The van der Waals surface area contributed by atoms with E-state index in [0.717, 1.165) is 10.8 Å². The lowest BCUT2D eigenvalue weighted by atomic mass is 10.2. The topological polar surface area (TPSA) is 49.6 Å². The van der Waals surface area contributed by atoms with Crippen LogP contribution in [0.4, 0.5) is 0 Å². The van der Waals surface area contributed by atoms with Gasteiger partial charge < -0.3 is 0 Å². The summed E-state index contributed by atoms with van der Waals surface area (Å²) in [6, 6.07) is 5.74. The first kappa shape index (κ1) is 6.74. The van der Waals surface area contributed by atoms with Crippen LogP contribution in [-0.2, 0) is 0 Å². The number of aromatic nitrogens is 2. The summed E-state index contributed by atoms with van der Waals surface area (Å²) in [5.41, 5.74) is 0.431. The standard InChI is InChI=1S/C9H5N3/c10-5-9-8-6-11-3-1-7(8)2-4-12-9/h1-4,6H. The van der Waals surface area contributed by atoms with Crippen molar-refractivity contribution in [3.8, 4) is 6.07 Å². The van der Waals surface area contributed by atoms with Crippen LogP contribution >= 0.6 is 0 Å². The van der Waals surface area contributed by atoms with Crippen LogP contribution in [0.2, 0.25) is 0 Å². The van der Waals surface area contributed by atoms with E-state index >= 15 is 0 Å². The van der Waals surface area contributed by atoms with Crippen molar-refractivity contribution >= 4 is 10.8 Å². The first-order valence-electron chi connectivity index (χ1n) is 3.50.